The second kappa shape index (κ2) is 4.93. The minimum absolute atomic E-state index is 0.470. The van der Waals surface area contributed by atoms with Crippen LogP contribution < -0.4 is 0 Å². The van der Waals surface area contributed by atoms with Crippen molar-refractivity contribution in [2.45, 2.75) is 25.7 Å². The van der Waals surface area contributed by atoms with Gasteiger partial charge < -0.3 is 4.43 Å². The van der Waals surface area contributed by atoms with Crippen molar-refractivity contribution in [3.05, 3.63) is 48.0 Å². The second-order valence-electron chi connectivity index (χ2n) is 5.31. The Balaban J connectivity index is 2.49. The van der Waals surface area contributed by atoms with Crippen LogP contribution in [0.25, 0.3) is 10.8 Å². The molecule has 0 aromatic heterocycles. The number of hydrogen-bond donors (Lipinski definition) is 0. The SMILES string of the molecule is C[Si](C)(C)O[C@H](C#N)c1cccc2ccccc12. The summed E-state index contributed by atoms with van der Waals surface area (Å²) in [7, 11) is -1.73. The van der Waals surface area contributed by atoms with Gasteiger partial charge >= 0.3 is 0 Å². The van der Waals surface area contributed by atoms with Crippen molar-refractivity contribution in [3.63, 3.8) is 0 Å². The van der Waals surface area contributed by atoms with Gasteiger partial charge in [-0.25, -0.2) is 0 Å². The lowest BCUT2D eigenvalue weighted by atomic mass is 10.0. The number of benzene rings is 2. The lowest BCUT2D eigenvalue weighted by molar-refractivity contribution is 0.256. The molecule has 3 heteroatoms. The Kier molecular flexibility index (Phi) is 3.51. The molecule has 2 nitrogen and oxygen atoms in total. The van der Waals surface area contributed by atoms with Gasteiger partial charge in [-0.3, -0.25) is 0 Å². The lowest BCUT2D eigenvalue weighted by Gasteiger charge is -2.22. The summed E-state index contributed by atoms with van der Waals surface area (Å²) in [5.41, 5.74) is 0.970. The van der Waals surface area contributed by atoms with E-state index in [0.717, 1.165) is 16.3 Å². The highest BCUT2D eigenvalue weighted by atomic mass is 28.4. The van der Waals surface area contributed by atoms with E-state index in [1.807, 2.05) is 30.3 Å². The average Bonchev–Trinajstić information content (AvgIpc) is 2.34. The summed E-state index contributed by atoms with van der Waals surface area (Å²) in [6, 6.07) is 16.4. The maximum Gasteiger partial charge on any atom is 0.186 e. The van der Waals surface area contributed by atoms with Crippen molar-refractivity contribution in [2.24, 2.45) is 0 Å². The third-order valence-corrected chi connectivity index (χ3v) is 3.64. The predicted molar refractivity (Wildman–Crippen MR) is 76.7 cm³/mol. The molecule has 18 heavy (non-hydrogen) atoms. The standard InChI is InChI=1S/C15H17NOSi/c1-18(2,3)17-15(11-16)14-10-6-8-12-7-4-5-9-13(12)14/h4-10,15H,1-3H3/t15-/m1/s1. The Morgan fingerprint density at radius 1 is 1.06 bits per heavy atom. The fraction of sp³-hybridized carbons (Fsp3) is 0.267. The first kappa shape index (κ1) is 12.8. The monoisotopic (exact) mass is 255 g/mol. The summed E-state index contributed by atoms with van der Waals surface area (Å²) in [6.45, 7) is 6.30. The summed E-state index contributed by atoms with van der Waals surface area (Å²) in [6.07, 6.45) is -0.470. The minimum Gasteiger partial charge on any atom is -0.399 e. The van der Waals surface area contributed by atoms with Gasteiger partial charge in [0.2, 0.25) is 0 Å². The number of rotatable bonds is 3. The zero-order valence-electron chi connectivity index (χ0n) is 11.0. The van der Waals surface area contributed by atoms with Gasteiger partial charge in [-0.15, -0.1) is 0 Å². The molecular formula is C15H17NOSi. The molecule has 0 aliphatic rings. The topological polar surface area (TPSA) is 33.0 Å². The van der Waals surface area contributed by atoms with Crippen LogP contribution in [0.5, 0.6) is 0 Å². The van der Waals surface area contributed by atoms with Crippen molar-refractivity contribution < 1.29 is 4.43 Å². The van der Waals surface area contributed by atoms with Crippen LogP contribution >= 0.6 is 0 Å². The molecule has 0 saturated carbocycles. The molecule has 0 radical (unpaired) electrons. The molecule has 0 spiro atoms. The molecule has 0 fully saturated rings. The van der Waals surface area contributed by atoms with E-state index in [9.17, 15) is 5.26 Å². The molecule has 0 heterocycles. The van der Waals surface area contributed by atoms with Gasteiger partial charge in [0.1, 0.15) is 0 Å². The fourth-order valence-electron chi connectivity index (χ4n) is 1.99. The maximum absolute atomic E-state index is 9.35. The van der Waals surface area contributed by atoms with E-state index in [2.05, 4.69) is 37.8 Å². The normalized spacial score (nSPS) is 13.2. The van der Waals surface area contributed by atoms with Gasteiger partial charge in [0, 0.05) is 5.56 Å². The largest absolute Gasteiger partial charge is 0.399 e. The van der Waals surface area contributed by atoms with Crippen LogP contribution in [0.3, 0.4) is 0 Å². The first-order valence-electron chi connectivity index (χ1n) is 6.06. The number of fused-ring (bicyclic) bond motifs is 1. The molecule has 0 aliphatic heterocycles. The zero-order valence-corrected chi connectivity index (χ0v) is 12.0. The first-order valence-corrected chi connectivity index (χ1v) is 9.47. The van der Waals surface area contributed by atoms with Crippen LogP contribution in [0.15, 0.2) is 42.5 Å². The number of nitrogens with zero attached hydrogens (tertiary/aromatic N) is 1. The van der Waals surface area contributed by atoms with Crippen LogP contribution in [-0.4, -0.2) is 8.32 Å². The average molecular weight is 255 g/mol. The number of nitriles is 1. The highest BCUT2D eigenvalue weighted by Crippen LogP contribution is 2.28. The Morgan fingerprint density at radius 2 is 1.72 bits per heavy atom. The molecule has 0 unspecified atom stereocenters. The summed E-state index contributed by atoms with van der Waals surface area (Å²) in [5, 5.41) is 11.6. The Labute approximate surface area is 109 Å². The van der Waals surface area contributed by atoms with E-state index < -0.39 is 14.4 Å². The van der Waals surface area contributed by atoms with Crippen molar-refractivity contribution in [2.75, 3.05) is 0 Å². The third kappa shape index (κ3) is 2.78. The van der Waals surface area contributed by atoms with Gasteiger partial charge in [0.15, 0.2) is 14.4 Å². The van der Waals surface area contributed by atoms with Gasteiger partial charge in [-0.2, -0.15) is 5.26 Å². The van der Waals surface area contributed by atoms with Gasteiger partial charge in [-0.05, 0) is 30.4 Å². The van der Waals surface area contributed by atoms with Gasteiger partial charge in [0.05, 0.1) is 6.07 Å². The lowest BCUT2D eigenvalue weighted by Crippen LogP contribution is -2.27. The van der Waals surface area contributed by atoms with Crippen molar-refractivity contribution in [3.8, 4) is 6.07 Å². The first-order chi connectivity index (χ1) is 8.51. The van der Waals surface area contributed by atoms with E-state index in [-0.39, 0.29) is 0 Å². The third-order valence-electron chi connectivity index (χ3n) is 2.69. The van der Waals surface area contributed by atoms with E-state index in [1.54, 1.807) is 0 Å². The Bertz CT molecular complexity index is 590. The second-order valence-corrected chi connectivity index (χ2v) is 9.77. The molecule has 0 amide bonds. The van der Waals surface area contributed by atoms with Crippen LogP contribution in [0.1, 0.15) is 11.7 Å². The molecular weight excluding hydrogens is 238 g/mol. The summed E-state index contributed by atoms with van der Waals surface area (Å²) in [4.78, 5) is 0. The van der Waals surface area contributed by atoms with Crippen LogP contribution in [0.4, 0.5) is 0 Å². The molecule has 0 aliphatic carbocycles. The van der Waals surface area contributed by atoms with Gasteiger partial charge in [0.25, 0.3) is 0 Å². The zero-order chi connectivity index (χ0) is 13.2. The van der Waals surface area contributed by atoms with Crippen molar-refractivity contribution >= 4 is 19.1 Å². The van der Waals surface area contributed by atoms with Crippen LogP contribution in [-0.2, 0) is 4.43 Å². The molecule has 92 valence electrons. The van der Waals surface area contributed by atoms with E-state index >= 15 is 0 Å². The quantitative estimate of drug-likeness (QED) is 0.768. The predicted octanol–water partition coefficient (Wildman–Crippen LogP) is 4.26. The fourth-order valence-corrected chi connectivity index (χ4v) is 2.88. The summed E-state index contributed by atoms with van der Waals surface area (Å²) < 4.78 is 5.96. The van der Waals surface area contributed by atoms with E-state index in [4.69, 9.17) is 4.43 Å². The maximum atomic E-state index is 9.35. The molecule has 0 N–H and O–H groups in total. The van der Waals surface area contributed by atoms with Gasteiger partial charge in [-0.1, -0.05) is 42.5 Å². The Hall–Kier alpha value is -1.63. The van der Waals surface area contributed by atoms with Crippen molar-refractivity contribution in [1.29, 1.82) is 5.26 Å². The molecule has 2 aromatic carbocycles. The van der Waals surface area contributed by atoms with E-state index in [0.29, 0.717) is 0 Å². The molecule has 0 bridgehead atoms. The molecule has 2 rings (SSSR count). The summed E-state index contributed by atoms with van der Waals surface area (Å²) in [5.74, 6) is 0. The minimum atomic E-state index is -1.73. The van der Waals surface area contributed by atoms with Crippen molar-refractivity contribution in [1.82, 2.24) is 0 Å². The highest BCUT2D eigenvalue weighted by Gasteiger charge is 2.23. The van der Waals surface area contributed by atoms with Crippen LogP contribution in [0, 0.1) is 11.3 Å². The van der Waals surface area contributed by atoms with E-state index in [1.165, 1.54) is 0 Å². The smallest absolute Gasteiger partial charge is 0.186 e. The summed E-state index contributed by atoms with van der Waals surface area (Å²) >= 11 is 0. The Morgan fingerprint density at radius 3 is 2.39 bits per heavy atom. The van der Waals surface area contributed by atoms with Crippen LogP contribution in [0.2, 0.25) is 19.6 Å². The molecule has 2 aromatic rings. The molecule has 0 saturated heterocycles. The number of hydrogen-bond acceptors (Lipinski definition) is 2. The highest BCUT2D eigenvalue weighted by molar-refractivity contribution is 6.69. The molecule has 1 atom stereocenters.